The van der Waals surface area contributed by atoms with E-state index in [1.807, 2.05) is 42.5 Å². The molecule has 0 unspecified atom stereocenters. The Hall–Kier alpha value is -1.40. The first-order valence-corrected chi connectivity index (χ1v) is 8.98. The SMILES string of the molecule is Cl.O=S(=O)(c1ccc(-c2ccccc2)cc1)N1CCCNCC1. The Labute approximate surface area is 144 Å². The molecule has 1 saturated heterocycles. The van der Waals surface area contributed by atoms with E-state index in [9.17, 15) is 8.42 Å². The largest absolute Gasteiger partial charge is 0.315 e. The average molecular weight is 353 g/mol. The maximum absolute atomic E-state index is 12.7. The van der Waals surface area contributed by atoms with E-state index in [1.54, 1.807) is 16.4 Å². The molecule has 0 saturated carbocycles. The molecular formula is C17H21ClN2O2S. The minimum absolute atomic E-state index is 0. The van der Waals surface area contributed by atoms with E-state index in [2.05, 4.69) is 5.32 Å². The molecule has 0 bridgehead atoms. The van der Waals surface area contributed by atoms with Crippen molar-refractivity contribution in [3.8, 4) is 11.1 Å². The normalized spacial score (nSPS) is 16.3. The lowest BCUT2D eigenvalue weighted by Crippen LogP contribution is -2.34. The summed E-state index contributed by atoms with van der Waals surface area (Å²) < 4.78 is 26.9. The molecule has 2 aromatic carbocycles. The van der Waals surface area contributed by atoms with Gasteiger partial charge in [-0.05, 0) is 36.2 Å². The van der Waals surface area contributed by atoms with Crippen molar-refractivity contribution in [2.24, 2.45) is 0 Å². The van der Waals surface area contributed by atoms with Gasteiger partial charge in [0.1, 0.15) is 0 Å². The first-order valence-electron chi connectivity index (χ1n) is 7.54. The van der Waals surface area contributed by atoms with Crippen LogP contribution >= 0.6 is 12.4 Å². The van der Waals surface area contributed by atoms with Crippen LogP contribution < -0.4 is 5.32 Å². The molecule has 4 nitrogen and oxygen atoms in total. The van der Waals surface area contributed by atoms with Gasteiger partial charge in [0.05, 0.1) is 4.90 Å². The van der Waals surface area contributed by atoms with Gasteiger partial charge in [-0.25, -0.2) is 8.42 Å². The zero-order chi connectivity index (χ0) is 15.4. The van der Waals surface area contributed by atoms with E-state index < -0.39 is 10.0 Å². The minimum Gasteiger partial charge on any atom is -0.315 e. The number of sulfonamides is 1. The Balaban J connectivity index is 0.00000192. The molecule has 0 spiro atoms. The molecule has 0 radical (unpaired) electrons. The van der Waals surface area contributed by atoms with Gasteiger partial charge >= 0.3 is 0 Å². The molecule has 1 N–H and O–H groups in total. The Bertz CT molecular complexity index is 710. The standard InChI is InChI=1S/C17H20N2O2S.ClH/c20-22(21,19-13-4-11-18-12-14-19)17-9-7-16(8-10-17)15-5-2-1-3-6-15;/h1-3,5-10,18H,4,11-14H2;1H. The van der Waals surface area contributed by atoms with Crippen molar-refractivity contribution in [2.45, 2.75) is 11.3 Å². The summed E-state index contributed by atoms with van der Waals surface area (Å²) in [5.41, 5.74) is 2.11. The molecule has 23 heavy (non-hydrogen) atoms. The third kappa shape index (κ3) is 4.12. The number of rotatable bonds is 3. The van der Waals surface area contributed by atoms with Crippen molar-refractivity contribution in [2.75, 3.05) is 26.2 Å². The van der Waals surface area contributed by atoms with Crippen LogP contribution in [0.3, 0.4) is 0 Å². The summed E-state index contributed by atoms with van der Waals surface area (Å²) >= 11 is 0. The number of benzene rings is 2. The lowest BCUT2D eigenvalue weighted by Gasteiger charge is -2.19. The second-order valence-electron chi connectivity index (χ2n) is 5.40. The van der Waals surface area contributed by atoms with E-state index in [0.717, 1.165) is 24.1 Å². The quantitative estimate of drug-likeness (QED) is 0.924. The third-order valence-electron chi connectivity index (χ3n) is 3.90. The lowest BCUT2D eigenvalue weighted by atomic mass is 10.1. The molecule has 1 aliphatic rings. The molecule has 6 heteroatoms. The fraction of sp³-hybridized carbons (Fsp3) is 0.294. The van der Waals surface area contributed by atoms with Gasteiger partial charge in [0.15, 0.2) is 0 Å². The van der Waals surface area contributed by atoms with Crippen LogP contribution in [0, 0.1) is 0 Å². The highest BCUT2D eigenvalue weighted by molar-refractivity contribution is 7.89. The zero-order valence-electron chi connectivity index (χ0n) is 12.8. The van der Waals surface area contributed by atoms with Gasteiger partial charge in [-0.2, -0.15) is 4.31 Å². The van der Waals surface area contributed by atoms with Crippen LogP contribution in [0.2, 0.25) is 0 Å². The highest BCUT2D eigenvalue weighted by Gasteiger charge is 2.24. The van der Waals surface area contributed by atoms with Crippen LogP contribution in [0.4, 0.5) is 0 Å². The number of nitrogens with zero attached hydrogens (tertiary/aromatic N) is 1. The highest BCUT2D eigenvalue weighted by atomic mass is 35.5. The third-order valence-corrected chi connectivity index (χ3v) is 5.81. The van der Waals surface area contributed by atoms with E-state index in [1.165, 1.54) is 0 Å². The van der Waals surface area contributed by atoms with Crippen molar-refractivity contribution < 1.29 is 8.42 Å². The Morgan fingerprint density at radius 2 is 1.48 bits per heavy atom. The number of halogens is 1. The second-order valence-corrected chi connectivity index (χ2v) is 7.34. The van der Waals surface area contributed by atoms with Gasteiger partial charge in [-0.15, -0.1) is 12.4 Å². The Morgan fingerprint density at radius 3 is 2.17 bits per heavy atom. The van der Waals surface area contributed by atoms with Crippen LogP contribution in [-0.4, -0.2) is 38.9 Å². The van der Waals surface area contributed by atoms with Crippen molar-refractivity contribution in [3.05, 3.63) is 54.6 Å². The molecule has 1 fully saturated rings. The average Bonchev–Trinajstić information content (AvgIpc) is 2.86. The summed E-state index contributed by atoms with van der Waals surface area (Å²) in [6.07, 6.45) is 0.849. The maximum Gasteiger partial charge on any atom is 0.243 e. The predicted octanol–water partition coefficient (Wildman–Crippen LogP) is 2.76. The zero-order valence-corrected chi connectivity index (χ0v) is 14.4. The predicted molar refractivity (Wildman–Crippen MR) is 95.4 cm³/mol. The number of hydrogen-bond acceptors (Lipinski definition) is 3. The highest BCUT2D eigenvalue weighted by Crippen LogP contribution is 2.23. The molecule has 0 amide bonds. The Morgan fingerprint density at radius 1 is 0.826 bits per heavy atom. The summed E-state index contributed by atoms with van der Waals surface area (Å²) in [4.78, 5) is 0.370. The Kier molecular flexibility index (Phi) is 6.18. The van der Waals surface area contributed by atoms with Gasteiger partial charge in [0, 0.05) is 19.6 Å². The number of hydrogen-bond donors (Lipinski definition) is 1. The van der Waals surface area contributed by atoms with Gasteiger partial charge < -0.3 is 5.32 Å². The van der Waals surface area contributed by atoms with Gasteiger partial charge in [0.25, 0.3) is 0 Å². The monoisotopic (exact) mass is 352 g/mol. The lowest BCUT2D eigenvalue weighted by molar-refractivity contribution is 0.432. The van der Waals surface area contributed by atoms with E-state index in [-0.39, 0.29) is 12.4 Å². The van der Waals surface area contributed by atoms with Gasteiger partial charge in [0.2, 0.25) is 10.0 Å². The van der Waals surface area contributed by atoms with Crippen molar-refractivity contribution >= 4 is 22.4 Å². The molecule has 0 aliphatic carbocycles. The first-order chi connectivity index (χ1) is 10.7. The molecular weight excluding hydrogens is 332 g/mol. The number of nitrogens with one attached hydrogen (secondary N) is 1. The van der Waals surface area contributed by atoms with E-state index in [0.29, 0.717) is 24.5 Å². The maximum atomic E-state index is 12.7. The molecule has 1 heterocycles. The van der Waals surface area contributed by atoms with Gasteiger partial charge in [-0.3, -0.25) is 0 Å². The summed E-state index contributed by atoms with van der Waals surface area (Å²) in [6, 6.07) is 17.1. The topological polar surface area (TPSA) is 49.4 Å². The summed E-state index contributed by atoms with van der Waals surface area (Å²) in [7, 11) is -3.39. The van der Waals surface area contributed by atoms with Crippen LogP contribution in [0.1, 0.15) is 6.42 Å². The molecule has 2 aromatic rings. The van der Waals surface area contributed by atoms with Crippen molar-refractivity contribution in [1.82, 2.24) is 9.62 Å². The minimum atomic E-state index is -3.39. The van der Waals surface area contributed by atoms with E-state index >= 15 is 0 Å². The molecule has 0 atom stereocenters. The smallest absolute Gasteiger partial charge is 0.243 e. The molecule has 0 aromatic heterocycles. The molecule has 1 aliphatic heterocycles. The summed E-state index contributed by atoms with van der Waals surface area (Å²) in [5.74, 6) is 0. The van der Waals surface area contributed by atoms with Crippen LogP contribution in [-0.2, 0) is 10.0 Å². The fourth-order valence-electron chi connectivity index (χ4n) is 2.66. The van der Waals surface area contributed by atoms with Gasteiger partial charge in [-0.1, -0.05) is 42.5 Å². The van der Waals surface area contributed by atoms with Crippen LogP contribution in [0.25, 0.3) is 11.1 Å². The van der Waals surface area contributed by atoms with Crippen molar-refractivity contribution in [3.63, 3.8) is 0 Å². The first kappa shape index (κ1) is 17.9. The van der Waals surface area contributed by atoms with Crippen molar-refractivity contribution in [1.29, 1.82) is 0 Å². The van der Waals surface area contributed by atoms with Crippen LogP contribution in [0.15, 0.2) is 59.5 Å². The second kappa shape index (κ2) is 7.93. The van der Waals surface area contributed by atoms with E-state index in [4.69, 9.17) is 0 Å². The summed E-state index contributed by atoms with van der Waals surface area (Å²) in [6.45, 7) is 2.69. The molecule has 3 rings (SSSR count). The fourth-order valence-corrected chi connectivity index (χ4v) is 4.14. The summed E-state index contributed by atoms with van der Waals surface area (Å²) in [5, 5.41) is 3.23. The molecule has 124 valence electrons. The van der Waals surface area contributed by atoms with Crippen LogP contribution in [0.5, 0.6) is 0 Å².